The van der Waals surface area contributed by atoms with E-state index in [9.17, 15) is 13.5 Å². The highest BCUT2D eigenvalue weighted by molar-refractivity contribution is 7.80. The van der Waals surface area contributed by atoms with E-state index in [1.165, 1.54) is 31.3 Å². The minimum absolute atomic E-state index is 0.133. The number of hydrogen-bond acceptors (Lipinski definition) is 4. The molecule has 0 aromatic carbocycles. The molecular formula is C27H46O5S. The SMILES string of the molecule is CC(C)C(O)CC[C@@H](C)[C@H]1CC[C@H]2[C@@H]3CC=C4C[C@@H](OS(=O)(=O)O)CC[C@]4(C)[C@H]3CC[C@]12C. The lowest BCUT2D eigenvalue weighted by Gasteiger charge is -2.58. The number of hydrogen-bond donors (Lipinski definition) is 2. The summed E-state index contributed by atoms with van der Waals surface area (Å²) in [6.45, 7) is 11.6. The fourth-order valence-corrected chi connectivity index (χ4v) is 9.33. The van der Waals surface area contributed by atoms with Gasteiger partial charge in [-0.25, -0.2) is 4.18 Å². The summed E-state index contributed by atoms with van der Waals surface area (Å²) in [7, 11) is -4.40. The van der Waals surface area contributed by atoms with Crippen molar-refractivity contribution in [3.05, 3.63) is 11.6 Å². The molecule has 3 fully saturated rings. The predicted molar refractivity (Wildman–Crippen MR) is 131 cm³/mol. The first-order valence-electron chi connectivity index (χ1n) is 13.4. The van der Waals surface area contributed by atoms with Crippen molar-refractivity contribution in [2.24, 2.45) is 46.3 Å². The Bertz CT molecular complexity index is 851. The van der Waals surface area contributed by atoms with Gasteiger partial charge in [0, 0.05) is 0 Å². The van der Waals surface area contributed by atoms with Crippen LogP contribution in [-0.4, -0.2) is 30.3 Å². The number of rotatable bonds is 7. The quantitative estimate of drug-likeness (QED) is 0.334. The van der Waals surface area contributed by atoms with Crippen molar-refractivity contribution in [3.8, 4) is 0 Å². The Morgan fingerprint density at radius 3 is 2.45 bits per heavy atom. The second-order valence-electron chi connectivity index (χ2n) is 12.7. The predicted octanol–water partition coefficient (Wildman–Crippen LogP) is 6.19. The Morgan fingerprint density at radius 2 is 1.79 bits per heavy atom. The second-order valence-corrected chi connectivity index (χ2v) is 13.8. The van der Waals surface area contributed by atoms with Crippen molar-refractivity contribution >= 4 is 10.4 Å². The largest absolute Gasteiger partial charge is 0.397 e. The van der Waals surface area contributed by atoms with E-state index >= 15 is 0 Å². The van der Waals surface area contributed by atoms with E-state index in [0.717, 1.165) is 43.4 Å². The normalized spacial score (nSPS) is 42.8. The molecule has 0 aromatic heterocycles. The maximum atomic E-state index is 11.2. The third kappa shape index (κ3) is 4.83. The van der Waals surface area contributed by atoms with Crippen molar-refractivity contribution in [3.63, 3.8) is 0 Å². The van der Waals surface area contributed by atoms with Crippen LogP contribution in [0.1, 0.15) is 98.8 Å². The summed E-state index contributed by atoms with van der Waals surface area (Å²) in [5, 5.41) is 10.3. The van der Waals surface area contributed by atoms with Crippen LogP contribution in [-0.2, 0) is 14.6 Å². The van der Waals surface area contributed by atoms with Crippen LogP contribution in [0.4, 0.5) is 0 Å². The first kappa shape index (κ1) is 25.7. The molecule has 33 heavy (non-hydrogen) atoms. The molecule has 0 bridgehead atoms. The van der Waals surface area contributed by atoms with Crippen LogP contribution in [0.5, 0.6) is 0 Å². The van der Waals surface area contributed by atoms with E-state index in [4.69, 9.17) is 8.74 Å². The lowest BCUT2D eigenvalue weighted by Crippen LogP contribution is -2.51. The molecule has 0 radical (unpaired) electrons. The molecule has 4 aliphatic rings. The third-order valence-electron chi connectivity index (χ3n) is 10.8. The van der Waals surface area contributed by atoms with Gasteiger partial charge in [0.25, 0.3) is 0 Å². The van der Waals surface area contributed by atoms with E-state index in [2.05, 4.69) is 40.7 Å². The van der Waals surface area contributed by atoms with Gasteiger partial charge in [0.1, 0.15) is 0 Å². The summed E-state index contributed by atoms with van der Waals surface area (Å²) < 4.78 is 36.5. The van der Waals surface area contributed by atoms with Crippen molar-refractivity contribution in [2.45, 2.75) is 111 Å². The summed E-state index contributed by atoms with van der Waals surface area (Å²) in [5.41, 5.74) is 1.89. The molecule has 0 heterocycles. The first-order chi connectivity index (χ1) is 15.3. The van der Waals surface area contributed by atoms with E-state index in [1.54, 1.807) is 0 Å². The molecule has 6 heteroatoms. The third-order valence-corrected chi connectivity index (χ3v) is 11.3. The highest BCUT2D eigenvalue weighted by Crippen LogP contribution is 2.67. The van der Waals surface area contributed by atoms with Gasteiger partial charge in [-0.2, -0.15) is 8.42 Å². The molecule has 0 saturated heterocycles. The zero-order chi connectivity index (χ0) is 24.2. The molecule has 0 aromatic rings. The van der Waals surface area contributed by atoms with E-state index in [1.807, 2.05) is 0 Å². The molecule has 4 aliphatic carbocycles. The van der Waals surface area contributed by atoms with E-state index in [0.29, 0.717) is 36.0 Å². The van der Waals surface area contributed by atoms with Crippen molar-refractivity contribution < 1.29 is 22.3 Å². The van der Waals surface area contributed by atoms with Crippen LogP contribution in [0.25, 0.3) is 0 Å². The lowest BCUT2D eigenvalue weighted by molar-refractivity contribution is -0.0567. The number of aliphatic hydroxyl groups is 1. The van der Waals surface area contributed by atoms with Gasteiger partial charge in [0.15, 0.2) is 0 Å². The summed E-state index contributed by atoms with van der Waals surface area (Å²) in [6, 6.07) is 0. The van der Waals surface area contributed by atoms with Gasteiger partial charge in [-0.1, -0.05) is 46.3 Å². The molecule has 4 rings (SSSR count). The van der Waals surface area contributed by atoms with Crippen molar-refractivity contribution in [1.82, 2.24) is 0 Å². The Kier molecular flexibility index (Phi) is 7.17. The maximum Gasteiger partial charge on any atom is 0.397 e. The van der Waals surface area contributed by atoms with Crippen molar-refractivity contribution in [2.75, 3.05) is 0 Å². The molecule has 1 unspecified atom stereocenters. The first-order valence-corrected chi connectivity index (χ1v) is 14.7. The van der Waals surface area contributed by atoms with Crippen LogP contribution in [0, 0.1) is 46.3 Å². The highest BCUT2D eigenvalue weighted by atomic mass is 32.3. The summed E-state index contributed by atoms with van der Waals surface area (Å²) in [6.07, 6.45) is 12.4. The molecule has 0 spiro atoms. The Hall–Kier alpha value is -0.430. The molecule has 0 aliphatic heterocycles. The molecule has 2 N–H and O–H groups in total. The topological polar surface area (TPSA) is 83.8 Å². The highest BCUT2D eigenvalue weighted by Gasteiger charge is 2.59. The van der Waals surface area contributed by atoms with E-state index in [-0.39, 0.29) is 11.5 Å². The van der Waals surface area contributed by atoms with Gasteiger partial charge >= 0.3 is 10.4 Å². The number of aliphatic hydroxyl groups excluding tert-OH is 1. The second kappa shape index (κ2) is 9.22. The van der Waals surface area contributed by atoms with Gasteiger partial charge < -0.3 is 5.11 Å². The standard InChI is InChI=1S/C27H46O5S/c1-17(2)25(28)11-6-18(3)22-9-10-23-21-8-7-19-16-20(32-33(29,30)31)12-14-26(19,4)24(21)13-15-27(22,23)5/h7,17-18,20-25,28H,6,8-16H2,1-5H3,(H,29,30,31)/t18-,20+,21+,22-,23+,24+,25?,26+,27-/m1/s1. The smallest absolute Gasteiger partial charge is 0.393 e. The molecule has 5 nitrogen and oxygen atoms in total. The van der Waals surface area contributed by atoms with Crippen molar-refractivity contribution in [1.29, 1.82) is 0 Å². The van der Waals surface area contributed by atoms with Gasteiger partial charge in [0.2, 0.25) is 0 Å². The van der Waals surface area contributed by atoms with Crippen LogP contribution < -0.4 is 0 Å². The monoisotopic (exact) mass is 482 g/mol. The van der Waals surface area contributed by atoms with Gasteiger partial charge in [-0.3, -0.25) is 4.55 Å². The van der Waals surface area contributed by atoms with Crippen LogP contribution in [0.15, 0.2) is 11.6 Å². The van der Waals surface area contributed by atoms with Crippen LogP contribution in [0.2, 0.25) is 0 Å². The van der Waals surface area contributed by atoms with Gasteiger partial charge in [-0.05, 0) is 111 Å². The Labute approximate surface area is 201 Å². The zero-order valence-corrected chi connectivity index (χ0v) is 22.1. The summed E-state index contributed by atoms with van der Waals surface area (Å²) >= 11 is 0. The average molecular weight is 483 g/mol. The Morgan fingerprint density at radius 1 is 1.06 bits per heavy atom. The number of fused-ring (bicyclic) bond motifs is 5. The minimum atomic E-state index is -4.40. The molecule has 9 atom stereocenters. The summed E-state index contributed by atoms with van der Waals surface area (Å²) in [5.74, 6) is 3.89. The average Bonchev–Trinajstić information content (AvgIpc) is 3.08. The van der Waals surface area contributed by atoms with E-state index < -0.39 is 16.5 Å². The fraction of sp³-hybridized carbons (Fsp3) is 0.926. The minimum Gasteiger partial charge on any atom is -0.393 e. The lowest BCUT2D eigenvalue weighted by atomic mass is 9.47. The fourth-order valence-electron chi connectivity index (χ4n) is 8.83. The van der Waals surface area contributed by atoms with Crippen LogP contribution >= 0.6 is 0 Å². The maximum absolute atomic E-state index is 11.2. The van der Waals surface area contributed by atoms with Gasteiger partial charge in [0.05, 0.1) is 12.2 Å². The molecule has 0 amide bonds. The molecule has 3 saturated carbocycles. The number of allylic oxidation sites excluding steroid dienone is 1. The summed E-state index contributed by atoms with van der Waals surface area (Å²) in [4.78, 5) is 0. The van der Waals surface area contributed by atoms with Crippen LogP contribution in [0.3, 0.4) is 0 Å². The van der Waals surface area contributed by atoms with Gasteiger partial charge in [-0.15, -0.1) is 0 Å². The molecule has 190 valence electrons. The Balaban J connectivity index is 1.47. The molecular weight excluding hydrogens is 436 g/mol. The zero-order valence-electron chi connectivity index (χ0n) is 21.3.